The van der Waals surface area contributed by atoms with Gasteiger partial charge in [-0.15, -0.1) is 0 Å². The molecule has 1 aliphatic rings. The number of halogens is 1. The minimum Gasteiger partial charge on any atom is -0.323 e. The highest BCUT2D eigenvalue weighted by atomic mass is 35.5. The number of nitrogens with zero attached hydrogens (tertiary/aromatic N) is 2. The highest BCUT2D eigenvalue weighted by molar-refractivity contribution is 6.30. The largest absolute Gasteiger partial charge is 0.323 e. The number of nitrogens with two attached hydrogens (primary N) is 1. The van der Waals surface area contributed by atoms with Gasteiger partial charge in [-0.3, -0.25) is 5.01 Å². The zero-order valence-electron chi connectivity index (χ0n) is 8.65. The smallest absolute Gasteiger partial charge is 0.0595 e. The predicted molar refractivity (Wildman–Crippen MR) is 64.5 cm³/mol. The first kappa shape index (κ1) is 10.5. The molecule has 0 radical (unpaired) electrons. The summed E-state index contributed by atoms with van der Waals surface area (Å²) in [6.07, 6.45) is 0.945. The van der Waals surface area contributed by atoms with Gasteiger partial charge in [-0.05, 0) is 31.2 Å². The molecule has 0 fully saturated rings. The van der Waals surface area contributed by atoms with Gasteiger partial charge in [0.05, 0.1) is 11.4 Å². The maximum Gasteiger partial charge on any atom is 0.0595 e. The summed E-state index contributed by atoms with van der Waals surface area (Å²) in [6, 6.07) is 7.72. The van der Waals surface area contributed by atoms with E-state index in [9.17, 15) is 0 Å². The second-order valence-corrected chi connectivity index (χ2v) is 4.17. The fourth-order valence-corrected chi connectivity index (χ4v) is 1.72. The second kappa shape index (κ2) is 4.21. The van der Waals surface area contributed by atoms with Crippen LogP contribution in [-0.2, 0) is 0 Å². The normalized spacial score (nSPS) is 17.8. The molecule has 1 aromatic rings. The maximum atomic E-state index is 5.82. The first-order valence-electron chi connectivity index (χ1n) is 5.03. The highest BCUT2D eigenvalue weighted by Gasteiger charge is 2.17. The van der Waals surface area contributed by atoms with Crippen LogP contribution in [0.5, 0.6) is 0 Å². The number of benzene rings is 1. The Morgan fingerprint density at radius 2 is 2.07 bits per heavy atom. The van der Waals surface area contributed by atoms with Crippen LogP contribution in [0.25, 0.3) is 0 Å². The number of hydrazone groups is 1. The Bertz CT molecular complexity index is 370. The third kappa shape index (κ3) is 2.30. The SMILES string of the molecule is C[C@@H](N)C1=NN(c2ccc(Cl)cc2)CC1. The summed E-state index contributed by atoms with van der Waals surface area (Å²) in [7, 11) is 0. The van der Waals surface area contributed by atoms with E-state index < -0.39 is 0 Å². The van der Waals surface area contributed by atoms with Crippen molar-refractivity contribution in [2.75, 3.05) is 11.6 Å². The van der Waals surface area contributed by atoms with E-state index in [1.54, 1.807) is 0 Å². The van der Waals surface area contributed by atoms with E-state index in [-0.39, 0.29) is 6.04 Å². The van der Waals surface area contributed by atoms with Crippen LogP contribution in [0, 0.1) is 0 Å². The molecule has 1 heterocycles. The molecule has 1 atom stereocenters. The zero-order chi connectivity index (χ0) is 10.8. The molecular formula is C11H14ClN3. The molecule has 0 unspecified atom stereocenters. The summed E-state index contributed by atoms with van der Waals surface area (Å²) >= 11 is 5.82. The van der Waals surface area contributed by atoms with Crippen molar-refractivity contribution in [3.8, 4) is 0 Å². The number of rotatable bonds is 2. The van der Waals surface area contributed by atoms with E-state index in [2.05, 4.69) is 5.10 Å². The van der Waals surface area contributed by atoms with Crippen LogP contribution < -0.4 is 10.7 Å². The van der Waals surface area contributed by atoms with Crippen molar-refractivity contribution in [3.05, 3.63) is 29.3 Å². The molecule has 0 saturated heterocycles. The van der Waals surface area contributed by atoms with Crippen LogP contribution in [0.15, 0.2) is 29.4 Å². The van der Waals surface area contributed by atoms with E-state index in [4.69, 9.17) is 17.3 Å². The minimum absolute atomic E-state index is 0.0438. The number of hydrogen-bond donors (Lipinski definition) is 1. The van der Waals surface area contributed by atoms with E-state index in [0.717, 1.165) is 29.4 Å². The van der Waals surface area contributed by atoms with Crippen molar-refractivity contribution < 1.29 is 0 Å². The minimum atomic E-state index is 0.0438. The van der Waals surface area contributed by atoms with E-state index in [1.807, 2.05) is 36.2 Å². The number of anilines is 1. The molecule has 0 aliphatic carbocycles. The van der Waals surface area contributed by atoms with Gasteiger partial charge in [-0.1, -0.05) is 11.6 Å². The van der Waals surface area contributed by atoms with Gasteiger partial charge in [0.25, 0.3) is 0 Å². The summed E-state index contributed by atoms with van der Waals surface area (Å²) in [5.41, 5.74) is 7.91. The van der Waals surface area contributed by atoms with Gasteiger partial charge >= 0.3 is 0 Å². The fraction of sp³-hybridized carbons (Fsp3) is 0.364. The molecule has 3 nitrogen and oxygen atoms in total. The Balaban J connectivity index is 2.17. The van der Waals surface area contributed by atoms with Crippen molar-refractivity contribution in [1.29, 1.82) is 0 Å². The van der Waals surface area contributed by atoms with E-state index in [1.165, 1.54) is 0 Å². The summed E-state index contributed by atoms with van der Waals surface area (Å²) in [5.74, 6) is 0. The molecule has 1 aromatic carbocycles. The van der Waals surface area contributed by atoms with Crippen LogP contribution in [0.4, 0.5) is 5.69 Å². The maximum absolute atomic E-state index is 5.82. The van der Waals surface area contributed by atoms with E-state index >= 15 is 0 Å². The first-order chi connectivity index (χ1) is 7.16. The van der Waals surface area contributed by atoms with E-state index in [0.29, 0.717) is 0 Å². The topological polar surface area (TPSA) is 41.6 Å². The summed E-state index contributed by atoms with van der Waals surface area (Å²) in [5, 5.41) is 7.18. The molecule has 0 bridgehead atoms. The quantitative estimate of drug-likeness (QED) is 0.836. The lowest BCUT2D eigenvalue weighted by molar-refractivity contribution is 0.920. The zero-order valence-corrected chi connectivity index (χ0v) is 9.41. The lowest BCUT2D eigenvalue weighted by Gasteiger charge is -2.13. The third-order valence-electron chi connectivity index (χ3n) is 2.48. The van der Waals surface area contributed by atoms with Gasteiger partial charge in [0.1, 0.15) is 0 Å². The van der Waals surface area contributed by atoms with Crippen molar-refractivity contribution >= 4 is 23.0 Å². The second-order valence-electron chi connectivity index (χ2n) is 3.73. The third-order valence-corrected chi connectivity index (χ3v) is 2.73. The van der Waals surface area contributed by atoms with Gasteiger partial charge < -0.3 is 5.73 Å². The van der Waals surface area contributed by atoms with Gasteiger partial charge in [0, 0.05) is 24.0 Å². The monoisotopic (exact) mass is 223 g/mol. The lowest BCUT2D eigenvalue weighted by atomic mass is 10.2. The van der Waals surface area contributed by atoms with Crippen LogP contribution in [0.3, 0.4) is 0 Å². The molecule has 0 amide bonds. The molecule has 0 aromatic heterocycles. The van der Waals surface area contributed by atoms with Gasteiger partial charge in [0.2, 0.25) is 0 Å². The Hall–Kier alpha value is -1.06. The molecule has 2 rings (SSSR count). The van der Waals surface area contributed by atoms with Crippen LogP contribution in [0.1, 0.15) is 13.3 Å². The molecule has 80 valence electrons. The Morgan fingerprint density at radius 3 is 2.60 bits per heavy atom. The van der Waals surface area contributed by atoms with Crippen molar-refractivity contribution in [1.82, 2.24) is 0 Å². The van der Waals surface area contributed by atoms with Crippen LogP contribution in [0.2, 0.25) is 5.02 Å². The predicted octanol–water partition coefficient (Wildman–Crippen LogP) is 2.25. The molecule has 0 saturated carbocycles. The average Bonchev–Trinajstić information content (AvgIpc) is 2.68. The van der Waals surface area contributed by atoms with Crippen molar-refractivity contribution in [2.24, 2.45) is 10.8 Å². The molecule has 0 spiro atoms. The van der Waals surface area contributed by atoms with Crippen molar-refractivity contribution in [2.45, 2.75) is 19.4 Å². The Morgan fingerprint density at radius 1 is 1.40 bits per heavy atom. The molecule has 15 heavy (non-hydrogen) atoms. The fourth-order valence-electron chi connectivity index (χ4n) is 1.59. The first-order valence-corrected chi connectivity index (χ1v) is 5.40. The standard InChI is InChI=1S/C11H14ClN3/c1-8(13)11-6-7-15(14-11)10-4-2-9(12)3-5-10/h2-5,8H,6-7,13H2,1H3/t8-/m1/s1. The van der Waals surface area contributed by atoms with Gasteiger partial charge in [-0.25, -0.2) is 0 Å². The van der Waals surface area contributed by atoms with Crippen LogP contribution >= 0.6 is 11.6 Å². The van der Waals surface area contributed by atoms with Crippen molar-refractivity contribution in [3.63, 3.8) is 0 Å². The highest BCUT2D eigenvalue weighted by Crippen LogP contribution is 2.21. The molecular weight excluding hydrogens is 210 g/mol. The Labute approximate surface area is 94.5 Å². The summed E-state index contributed by atoms with van der Waals surface area (Å²) in [4.78, 5) is 0. The van der Waals surface area contributed by atoms with Crippen LogP contribution in [-0.4, -0.2) is 18.3 Å². The molecule has 1 aliphatic heterocycles. The molecule has 2 N–H and O–H groups in total. The number of hydrogen-bond acceptors (Lipinski definition) is 3. The lowest BCUT2D eigenvalue weighted by Crippen LogP contribution is -2.25. The Kier molecular flexibility index (Phi) is 2.93. The summed E-state index contributed by atoms with van der Waals surface area (Å²) < 4.78 is 0. The summed E-state index contributed by atoms with van der Waals surface area (Å²) in [6.45, 7) is 2.86. The molecule has 4 heteroatoms. The van der Waals surface area contributed by atoms with Gasteiger partial charge in [-0.2, -0.15) is 5.10 Å². The van der Waals surface area contributed by atoms with Gasteiger partial charge in [0.15, 0.2) is 0 Å². The average molecular weight is 224 g/mol.